The van der Waals surface area contributed by atoms with E-state index in [0.29, 0.717) is 12.8 Å². The third kappa shape index (κ3) is 2.67. The smallest absolute Gasteiger partial charge is 0.307 e. The summed E-state index contributed by atoms with van der Waals surface area (Å²) in [7, 11) is 0. The van der Waals surface area contributed by atoms with Crippen LogP contribution in [0.25, 0.3) is 0 Å². The van der Waals surface area contributed by atoms with Gasteiger partial charge in [0.15, 0.2) is 0 Å². The van der Waals surface area contributed by atoms with Gasteiger partial charge in [0.25, 0.3) is 0 Å². The van der Waals surface area contributed by atoms with E-state index in [0.717, 1.165) is 23.3 Å². The zero-order valence-corrected chi connectivity index (χ0v) is 13.9. The van der Waals surface area contributed by atoms with E-state index in [4.69, 9.17) is 0 Å². The maximum absolute atomic E-state index is 13.2. The van der Waals surface area contributed by atoms with Crippen LogP contribution in [0, 0.1) is 11.8 Å². The number of rotatable bonds is 2. The summed E-state index contributed by atoms with van der Waals surface area (Å²) in [5.41, 5.74) is 4.37. The second kappa shape index (κ2) is 5.84. The third-order valence-electron chi connectivity index (χ3n) is 5.35. The summed E-state index contributed by atoms with van der Waals surface area (Å²) < 4.78 is 0. The van der Waals surface area contributed by atoms with E-state index in [1.54, 1.807) is 0 Å². The molecule has 4 heteroatoms. The standard InChI is InChI=1S/C19H23NO3/c1-11-8-15(16(19(22)23)9-12(11)2)18(21)20-13(3)10-14-6-4-5-7-17(14)20/h4-7,13,15-16H,8-10H2,1-3H3,(H,22,23)/t13-,15-,16+/m1/s1. The Morgan fingerprint density at radius 1 is 1.04 bits per heavy atom. The highest BCUT2D eigenvalue weighted by atomic mass is 16.4. The summed E-state index contributed by atoms with van der Waals surface area (Å²) in [5.74, 6) is -1.99. The Bertz CT molecular complexity index is 692. The molecule has 1 aliphatic carbocycles. The minimum Gasteiger partial charge on any atom is -0.481 e. The normalized spacial score (nSPS) is 27.1. The molecule has 0 saturated carbocycles. The fourth-order valence-electron chi connectivity index (χ4n) is 3.89. The SMILES string of the molecule is CC1=C(C)C[C@@H](C(=O)N2c3ccccc3C[C@H]2C)[C@@H](C(=O)O)C1. The highest BCUT2D eigenvalue weighted by molar-refractivity contribution is 5.99. The monoisotopic (exact) mass is 313 g/mol. The van der Waals surface area contributed by atoms with Gasteiger partial charge < -0.3 is 10.0 Å². The molecular weight excluding hydrogens is 290 g/mol. The van der Waals surface area contributed by atoms with Crippen LogP contribution < -0.4 is 4.90 Å². The third-order valence-corrected chi connectivity index (χ3v) is 5.35. The van der Waals surface area contributed by atoms with E-state index in [2.05, 4.69) is 0 Å². The van der Waals surface area contributed by atoms with Crippen LogP contribution in [0.4, 0.5) is 5.69 Å². The first-order valence-corrected chi connectivity index (χ1v) is 8.19. The molecule has 4 nitrogen and oxygen atoms in total. The van der Waals surface area contributed by atoms with Crippen LogP contribution >= 0.6 is 0 Å². The number of carbonyl (C=O) groups excluding carboxylic acids is 1. The Morgan fingerprint density at radius 3 is 2.30 bits per heavy atom. The number of hydrogen-bond donors (Lipinski definition) is 1. The van der Waals surface area contributed by atoms with Gasteiger partial charge in [0.2, 0.25) is 5.91 Å². The maximum atomic E-state index is 13.2. The lowest BCUT2D eigenvalue weighted by Crippen LogP contribution is -2.45. The number of benzene rings is 1. The molecule has 122 valence electrons. The van der Waals surface area contributed by atoms with E-state index in [9.17, 15) is 14.7 Å². The number of carboxylic acids is 1. The fraction of sp³-hybridized carbons (Fsp3) is 0.474. The molecule has 3 atom stereocenters. The molecular formula is C19H23NO3. The van der Waals surface area contributed by atoms with Gasteiger partial charge in [0.05, 0.1) is 11.8 Å². The Kier molecular flexibility index (Phi) is 4.00. The Hall–Kier alpha value is -2.10. The maximum Gasteiger partial charge on any atom is 0.307 e. The van der Waals surface area contributed by atoms with Crippen LogP contribution in [0.15, 0.2) is 35.4 Å². The minimum atomic E-state index is -0.865. The molecule has 0 aromatic heterocycles. The fourth-order valence-corrected chi connectivity index (χ4v) is 3.89. The average molecular weight is 313 g/mol. The van der Waals surface area contributed by atoms with Gasteiger partial charge in [-0.05, 0) is 51.7 Å². The molecule has 1 aromatic carbocycles. The van der Waals surface area contributed by atoms with E-state index >= 15 is 0 Å². The second-order valence-electron chi connectivity index (χ2n) is 6.91. The van der Waals surface area contributed by atoms with E-state index in [-0.39, 0.29) is 11.9 Å². The van der Waals surface area contributed by atoms with Crippen molar-refractivity contribution < 1.29 is 14.7 Å². The number of hydrogen-bond acceptors (Lipinski definition) is 2. The zero-order chi connectivity index (χ0) is 16.7. The number of anilines is 1. The van der Waals surface area contributed by atoms with Gasteiger partial charge in [-0.25, -0.2) is 0 Å². The van der Waals surface area contributed by atoms with Crippen molar-refractivity contribution in [3.63, 3.8) is 0 Å². The summed E-state index contributed by atoms with van der Waals surface area (Å²) >= 11 is 0. The molecule has 0 bridgehead atoms. The molecule has 2 aliphatic rings. The van der Waals surface area contributed by atoms with Crippen molar-refractivity contribution in [2.24, 2.45) is 11.8 Å². The number of nitrogens with zero attached hydrogens (tertiary/aromatic N) is 1. The summed E-state index contributed by atoms with van der Waals surface area (Å²) in [5, 5.41) is 9.57. The van der Waals surface area contributed by atoms with Gasteiger partial charge in [-0.1, -0.05) is 29.3 Å². The molecule has 1 aromatic rings. The van der Waals surface area contributed by atoms with Crippen molar-refractivity contribution >= 4 is 17.6 Å². The summed E-state index contributed by atoms with van der Waals surface area (Å²) in [4.78, 5) is 26.7. The van der Waals surface area contributed by atoms with Crippen molar-refractivity contribution in [1.82, 2.24) is 0 Å². The molecule has 23 heavy (non-hydrogen) atoms. The van der Waals surface area contributed by atoms with Crippen LogP contribution in [0.1, 0.15) is 39.2 Å². The van der Waals surface area contributed by atoms with Crippen molar-refractivity contribution in [3.8, 4) is 0 Å². The molecule has 1 aliphatic heterocycles. The quantitative estimate of drug-likeness (QED) is 0.851. The van der Waals surface area contributed by atoms with Crippen molar-refractivity contribution in [3.05, 3.63) is 41.0 Å². The first kappa shape index (κ1) is 15.8. The first-order chi connectivity index (χ1) is 10.9. The second-order valence-corrected chi connectivity index (χ2v) is 6.91. The number of para-hydroxylation sites is 1. The molecule has 0 saturated heterocycles. The zero-order valence-electron chi connectivity index (χ0n) is 13.9. The van der Waals surface area contributed by atoms with Gasteiger partial charge in [0.1, 0.15) is 0 Å². The summed E-state index contributed by atoms with van der Waals surface area (Å²) in [6, 6.07) is 8.01. The van der Waals surface area contributed by atoms with Gasteiger partial charge in [0, 0.05) is 11.7 Å². The number of amides is 1. The number of aliphatic carboxylic acids is 1. The number of carbonyl (C=O) groups is 2. The van der Waals surface area contributed by atoms with E-state index < -0.39 is 17.8 Å². The predicted octanol–water partition coefficient (Wildman–Crippen LogP) is 3.41. The molecule has 3 rings (SSSR count). The Morgan fingerprint density at radius 2 is 1.65 bits per heavy atom. The molecule has 0 unspecified atom stereocenters. The minimum absolute atomic E-state index is 0.0401. The van der Waals surface area contributed by atoms with Crippen LogP contribution in [0.2, 0.25) is 0 Å². The highest BCUT2D eigenvalue weighted by Gasteiger charge is 2.42. The van der Waals surface area contributed by atoms with Crippen LogP contribution in [0.3, 0.4) is 0 Å². The predicted molar refractivity (Wildman–Crippen MR) is 89.3 cm³/mol. The molecule has 1 N–H and O–H groups in total. The van der Waals surface area contributed by atoms with Crippen molar-refractivity contribution in [1.29, 1.82) is 0 Å². The summed E-state index contributed by atoms with van der Waals surface area (Å²) in [6.07, 6.45) is 1.86. The van der Waals surface area contributed by atoms with Gasteiger partial charge >= 0.3 is 5.97 Å². The van der Waals surface area contributed by atoms with E-state index in [1.165, 1.54) is 5.56 Å². The molecule has 1 amide bonds. The molecule has 0 radical (unpaired) electrons. The molecule has 0 fully saturated rings. The summed E-state index contributed by atoms with van der Waals surface area (Å²) in [6.45, 7) is 6.01. The van der Waals surface area contributed by atoms with Crippen molar-refractivity contribution in [2.75, 3.05) is 4.90 Å². The number of carboxylic acid groups (broad SMARTS) is 1. The van der Waals surface area contributed by atoms with Crippen molar-refractivity contribution in [2.45, 2.75) is 46.1 Å². The van der Waals surface area contributed by atoms with Gasteiger partial charge in [-0.3, -0.25) is 9.59 Å². The molecule has 0 spiro atoms. The lowest BCUT2D eigenvalue weighted by molar-refractivity contribution is -0.147. The number of fused-ring (bicyclic) bond motifs is 1. The lowest BCUT2D eigenvalue weighted by atomic mass is 9.75. The Balaban J connectivity index is 1.94. The van der Waals surface area contributed by atoms with Crippen LogP contribution in [-0.4, -0.2) is 23.0 Å². The highest BCUT2D eigenvalue weighted by Crippen LogP contribution is 2.39. The number of allylic oxidation sites excluding steroid dienone is 2. The Labute approximate surface area is 136 Å². The first-order valence-electron chi connectivity index (χ1n) is 8.19. The van der Waals surface area contributed by atoms with Crippen LogP contribution in [-0.2, 0) is 16.0 Å². The average Bonchev–Trinajstić information content (AvgIpc) is 2.84. The van der Waals surface area contributed by atoms with Gasteiger partial charge in [-0.2, -0.15) is 0 Å². The lowest BCUT2D eigenvalue weighted by Gasteiger charge is -2.34. The largest absolute Gasteiger partial charge is 0.481 e. The van der Waals surface area contributed by atoms with Gasteiger partial charge in [-0.15, -0.1) is 0 Å². The van der Waals surface area contributed by atoms with E-state index in [1.807, 2.05) is 49.9 Å². The molecule has 1 heterocycles. The van der Waals surface area contributed by atoms with Crippen LogP contribution in [0.5, 0.6) is 0 Å². The topological polar surface area (TPSA) is 57.6 Å².